The third-order valence-corrected chi connectivity index (χ3v) is 3.44. The quantitative estimate of drug-likeness (QED) is 0.919. The predicted molar refractivity (Wildman–Crippen MR) is 78.4 cm³/mol. The van der Waals surface area contributed by atoms with Crippen LogP contribution in [0.3, 0.4) is 0 Å². The molecule has 0 fully saturated rings. The molecule has 2 aromatic rings. The van der Waals surface area contributed by atoms with Crippen LogP contribution in [0.2, 0.25) is 0 Å². The summed E-state index contributed by atoms with van der Waals surface area (Å²) in [6, 6.07) is 7.37. The first-order valence-electron chi connectivity index (χ1n) is 6.73. The highest BCUT2D eigenvalue weighted by molar-refractivity contribution is 5.80. The van der Waals surface area contributed by atoms with E-state index in [-0.39, 0.29) is 24.1 Å². The van der Waals surface area contributed by atoms with Crippen molar-refractivity contribution in [3.8, 4) is 0 Å². The van der Waals surface area contributed by atoms with Gasteiger partial charge in [0, 0.05) is 6.04 Å². The summed E-state index contributed by atoms with van der Waals surface area (Å²) in [6.45, 7) is 6.05. The molecule has 0 saturated carbocycles. The van der Waals surface area contributed by atoms with Crippen molar-refractivity contribution in [3.05, 3.63) is 40.8 Å². The number of aromatic nitrogens is 2. The van der Waals surface area contributed by atoms with E-state index in [0.29, 0.717) is 17.0 Å². The SMILES string of the molecule is CC(C)[C@H](C)NC(=O)Cn1c(=O)cnc2ccccc21. The molecule has 1 aromatic heterocycles. The Hall–Kier alpha value is -2.17. The number of nitrogens with zero attached hydrogens (tertiary/aromatic N) is 2. The molecule has 0 bridgehead atoms. The second-order valence-corrected chi connectivity index (χ2v) is 5.27. The fourth-order valence-electron chi connectivity index (χ4n) is 1.89. The number of rotatable bonds is 4. The number of hydrogen-bond acceptors (Lipinski definition) is 3. The molecule has 0 aliphatic rings. The Balaban J connectivity index is 2.27. The molecule has 5 nitrogen and oxygen atoms in total. The summed E-state index contributed by atoms with van der Waals surface area (Å²) >= 11 is 0. The first-order valence-corrected chi connectivity index (χ1v) is 6.73. The van der Waals surface area contributed by atoms with Crippen LogP contribution in [0, 0.1) is 5.92 Å². The van der Waals surface area contributed by atoms with E-state index < -0.39 is 0 Å². The molecular formula is C15H19N3O2. The minimum Gasteiger partial charge on any atom is -0.352 e. The van der Waals surface area contributed by atoms with Crippen LogP contribution in [0.25, 0.3) is 11.0 Å². The van der Waals surface area contributed by atoms with E-state index in [2.05, 4.69) is 10.3 Å². The lowest BCUT2D eigenvalue weighted by Gasteiger charge is -2.18. The fraction of sp³-hybridized carbons (Fsp3) is 0.400. The molecule has 1 aromatic carbocycles. The molecule has 0 spiro atoms. The smallest absolute Gasteiger partial charge is 0.269 e. The third kappa shape index (κ3) is 3.04. The zero-order valence-corrected chi connectivity index (χ0v) is 12.0. The van der Waals surface area contributed by atoms with Gasteiger partial charge in [-0.15, -0.1) is 0 Å². The molecule has 1 atom stereocenters. The molecule has 0 saturated heterocycles. The van der Waals surface area contributed by atoms with Crippen molar-refractivity contribution in [2.45, 2.75) is 33.4 Å². The van der Waals surface area contributed by atoms with Crippen molar-refractivity contribution in [3.63, 3.8) is 0 Å². The van der Waals surface area contributed by atoms with Gasteiger partial charge in [-0.1, -0.05) is 26.0 Å². The van der Waals surface area contributed by atoms with Gasteiger partial charge in [0.05, 0.1) is 17.2 Å². The fourth-order valence-corrected chi connectivity index (χ4v) is 1.89. The third-order valence-electron chi connectivity index (χ3n) is 3.44. The Labute approximate surface area is 117 Å². The molecule has 1 amide bonds. The summed E-state index contributed by atoms with van der Waals surface area (Å²) in [5.41, 5.74) is 1.11. The van der Waals surface area contributed by atoms with E-state index in [1.54, 1.807) is 6.07 Å². The number of fused-ring (bicyclic) bond motifs is 1. The topological polar surface area (TPSA) is 64.0 Å². The summed E-state index contributed by atoms with van der Waals surface area (Å²) in [6.07, 6.45) is 1.25. The standard InChI is InChI=1S/C15H19N3O2/c1-10(2)11(3)17-14(19)9-18-13-7-5-4-6-12(13)16-8-15(18)20/h4-8,10-11H,9H2,1-3H3,(H,17,19)/t11-/m0/s1. The predicted octanol–water partition coefficient (Wildman–Crippen LogP) is 1.56. The Morgan fingerprint density at radius 1 is 1.30 bits per heavy atom. The Morgan fingerprint density at radius 3 is 2.70 bits per heavy atom. The van der Waals surface area contributed by atoms with E-state index in [0.717, 1.165) is 0 Å². The van der Waals surface area contributed by atoms with Crippen LogP contribution in [0.1, 0.15) is 20.8 Å². The largest absolute Gasteiger partial charge is 0.352 e. The normalized spacial score (nSPS) is 12.6. The van der Waals surface area contributed by atoms with Crippen LogP contribution >= 0.6 is 0 Å². The summed E-state index contributed by atoms with van der Waals surface area (Å²) in [4.78, 5) is 28.0. The minimum absolute atomic E-state index is 0.0128. The van der Waals surface area contributed by atoms with Gasteiger partial charge in [-0.3, -0.25) is 14.2 Å². The first-order chi connectivity index (χ1) is 9.49. The molecule has 20 heavy (non-hydrogen) atoms. The molecule has 1 heterocycles. The molecule has 5 heteroatoms. The summed E-state index contributed by atoms with van der Waals surface area (Å²) in [5.74, 6) is 0.189. The van der Waals surface area contributed by atoms with Crippen LogP contribution in [-0.2, 0) is 11.3 Å². The number of benzene rings is 1. The van der Waals surface area contributed by atoms with Crippen LogP contribution in [0.15, 0.2) is 35.3 Å². The number of para-hydroxylation sites is 2. The van der Waals surface area contributed by atoms with Crippen LogP contribution < -0.4 is 10.9 Å². The highest BCUT2D eigenvalue weighted by atomic mass is 16.2. The van der Waals surface area contributed by atoms with Crippen molar-refractivity contribution in [2.75, 3.05) is 0 Å². The highest BCUT2D eigenvalue weighted by Gasteiger charge is 2.13. The van der Waals surface area contributed by atoms with Gasteiger partial charge in [-0.2, -0.15) is 0 Å². The van der Waals surface area contributed by atoms with Gasteiger partial charge in [-0.25, -0.2) is 4.98 Å². The van der Waals surface area contributed by atoms with E-state index >= 15 is 0 Å². The molecule has 0 aliphatic heterocycles. The monoisotopic (exact) mass is 273 g/mol. The van der Waals surface area contributed by atoms with Gasteiger partial charge in [0.1, 0.15) is 6.54 Å². The van der Waals surface area contributed by atoms with Gasteiger partial charge in [0.2, 0.25) is 5.91 Å². The van der Waals surface area contributed by atoms with Gasteiger partial charge in [0.15, 0.2) is 0 Å². The van der Waals surface area contributed by atoms with Gasteiger partial charge >= 0.3 is 0 Å². The van der Waals surface area contributed by atoms with Crippen LogP contribution in [0.5, 0.6) is 0 Å². The molecule has 0 aliphatic carbocycles. The molecule has 0 unspecified atom stereocenters. The van der Waals surface area contributed by atoms with Crippen molar-refractivity contribution in [1.82, 2.24) is 14.9 Å². The number of hydrogen-bond donors (Lipinski definition) is 1. The molecule has 0 radical (unpaired) electrons. The zero-order valence-electron chi connectivity index (χ0n) is 12.0. The molecule has 106 valence electrons. The maximum atomic E-state index is 12.0. The van der Waals surface area contributed by atoms with Crippen molar-refractivity contribution in [2.24, 2.45) is 5.92 Å². The second kappa shape index (κ2) is 5.86. The average molecular weight is 273 g/mol. The van der Waals surface area contributed by atoms with E-state index in [9.17, 15) is 9.59 Å². The van der Waals surface area contributed by atoms with Crippen LogP contribution in [-0.4, -0.2) is 21.5 Å². The maximum Gasteiger partial charge on any atom is 0.269 e. The van der Waals surface area contributed by atoms with Gasteiger partial charge in [-0.05, 0) is 25.0 Å². The van der Waals surface area contributed by atoms with Gasteiger partial charge in [0.25, 0.3) is 5.56 Å². The lowest BCUT2D eigenvalue weighted by Crippen LogP contribution is -2.39. The summed E-state index contributed by atoms with van der Waals surface area (Å²) in [7, 11) is 0. The number of nitrogens with one attached hydrogen (secondary N) is 1. The zero-order chi connectivity index (χ0) is 14.7. The van der Waals surface area contributed by atoms with Gasteiger partial charge < -0.3 is 5.32 Å². The second-order valence-electron chi connectivity index (χ2n) is 5.27. The lowest BCUT2D eigenvalue weighted by molar-refractivity contribution is -0.122. The Morgan fingerprint density at radius 2 is 2.00 bits per heavy atom. The van der Waals surface area contributed by atoms with Crippen molar-refractivity contribution >= 4 is 16.9 Å². The number of amides is 1. The van der Waals surface area contributed by atoms with E-state index in [1.807, 2.05) is 39.0 Å². The van der Waals surface area contributed by atoms with Crippen molar-refractivity contribution in [1.29, 1.82) is 0 Å². The molecule has 1 N–H and O–H groups in total. The molecule has 2 rings (SSSR count). The Bertz CT molecular complexity index is 676. The number of carbonyl (C=O) groups excluding carboxylic acids is 1. The Kier molecular flexibility index (Phi) is 4.17. The molecular weight excluding hydrogens is 254 g/mol. The average Bonchev–Trinajstić information content (AvgIpc) is 2.42. The summed E-state index contributed by atoms with van der Waals surface area (Å²) in [5, 5.41) is 2.90. The minimum atomic E-state index is -0.268. The maximum absolute atomic E-state index is 12.0. The van der Waals surface area contributed by atoms with Crippen molar-refractivity contribution < 1.29 is 4.79 Å². The lowest BCUT2D eigenvalue weighted by atomic mass is 10.1. The number of carbonyl (C=O) groups is 1. The summed E-state index contributed by atoms with van der Waals surface area (Å²) < 4.78 is 1.45. The first kappa shape index (κ1) is 14.2. The van der Waals surface area contributed by atoms with E-state index in [4.69, 9.17) is 0 Å². The van der Waals surface area contributed by atoms with Crippen LogP contribution in [0.4, 0.5) is 0 Å². The highest BCUT2D eigenvalue weighted by Crippen LogP contribution is 2.08. The van der Waals surface area contributed by atoms with E-state index in [1.165, 1.54) is 10.8 Å².